The van der Waals surface area contributed by atoms with Gasteiger partial charge in [-0.15, -0.1) is 0 Å². The highest BCUT2D eigenvalue weighted by Gasteiger charge is 3.01. The molecule has 1 fully saturated rings. The lowest BCUT2D eigenvalue weighted by molar-refractivity contribution is -0.474. The molecule has 234 valence electrons. The number of nitriles is 4. The van der Waals surface area contributed by atoms with E-state index >= 15 is 13.2 Å². The summed E-state index contributed by atoms with van der Waals surface area (Å²) < 4.78 is 244. The van der Waals surface area contributed by atoms with Crippen molar-refractivity contribution in [1.82, 2.24) is 0 Å². The van der Waals surface area contributed by atoms with Crippen molar-refractivity contribution < 1.29 is 74.6 Å². The van der Waals surface area contributed by atoms with Crippen molar-refractivity contribution in [2.24, 2.45) is 17.3 Å². The molecule has 3 rings (SSSR count). The Balaban J connectivity index is 2.48. The molecule has 21 heteroatoms. The Hall–Kier alpha value is -4.53. The van der Waals surface area contributed by atoms with E-state index in [1.54, 1.807) is 0 Å². The van der Waals surface area contributed by atoms with E-state index in [9.17, 15) is 77.3 Å². The summed E-state index contributed by atoms with van der Waals surface area (Å²) in [5.41, 5.74) is -23.9. The van der Waals surface area contributed by atoms with Crippen molar-refractivity contribution in [3.63, 3.8) is 0 Å². The van der Waals surface area contributed by atoms with E-state index in [-0.39, 0.29) is 12.1 Å². The van der Waals surface area contributed by atoms with Crippen LogP contribution in [0.25, 0.3) is 5.57 Å². The minimum absolute atomic E-state index is 0.183. The third-order valence-corrected chi connectivity index (χ3v) is 6.94. The first-order valence-electron chi connectivity index (χ1n) is 10.7. The van der Waals surface area contributed by atoms with Crippen LogP contribution in [0.5, 0.6) is 0 Å². The van der Waals surface area contributed by atoms with E-state index in [0.717, 1.165) is 6.07 Å². The maximum Gasteiger partial charge on any atom is 0.430 e. The maximum atomic E-state index is 15.8. The van der Waals surface area contributed by atoms with Gasteiger partial charge in [0.1, 0.15) is 23.6 Å². The van der Waals surface area contributed by atoms with E-state index in [1.165, 1.54) is 0 Å². The van der Waals surface area contributed by atoms with Crippen LogP contribution in [0.3, 0.4) is 0 Å². The molecule has 1 aromatic carbocycles. The first-order valence-corrected chi connectivity index (χ1v) is 10.7. The SMILES string of the molecule is N#CC(=C1C=C1C(C#N)C1(C#N)C(F)(F)C(F)(F)C(C(F)(F)F)C(F)(F)C1(F)C(F)(F)F)c1c(F)c(F)c(C#N)c(F)c1F. The van der Waals surface area contributed by atoms with Gasteiger partial charge in [-0.05, 0) is 17.2 Å². The average molecular weight is 658 g/mol. The molecule has 0 N–H and O–H groups in total. The van der Waals surface area contributed by atoms with Gasteiger partial charge in [-0.3, -0.25) is 0 Å². The Morgan fingerprint density at radius 1 is 0.750 bits per heavy atom. The van der Waals surface area contributed by atoms with Gasteiger partial charge >= 0.3 is 30.1 Å². The minimum atomic E-state index is -7.79. The zero-order valence-electron chi connectivity index (χ0n) is 19.9. The highest BCUT2D eigenvalue weighted by atomic mass is 19.4. The standard InChI is InChI=1S/C23H3F17N4/c24-12-9(3-42)13(25)15(27)11(14(12)26)8(2-41)6-1-7(6)10(4-43)17(5-44)21(35,23(38,39)40)18(28,29)16(20(32,33)34)19(30,31)22(17,36)37/h1,10,16H. The summed E-state index contributed by atoms with van der Waals surface area (Å²) in [4.78, 5) is 0. The Morgan fingerprint density at radius 3 is 1.57 bits per heavy atom. The number of nitrogens with zero attached hydrogens (tertiary/aromatic N) is 4. The monoisotopic (exact) mass is 658 g/mol. The second-order valence-electron chi connectivity index (χ2n) is 9.05. The van der Waals surface area contributed by atoms with Gasteiger partial charge in [0.25, 0.3) is 5.67 Å². The van der Waals surface area contributed by atoms with Crippen LogP contribution in [0.4, 0.5) is 74.6 Å². The Morgan fingerprint density at radius 2 is 1.23 bits per heavy atom. The molecular formula is C23H3F17N4. The molecule has 2 aliphatic rings. The summed E-state index contributed by atoms with van der Waals surface area (Å²) in [5.74, 6) is -43.9. The van der Waals surface area contributed by atoms with Crippen LogP contribution in [-0.2, 0) is 0 Å². The topological polar surface area (TPSA) is 95.2 Å². The molecule has 1 saturated carbocycles. The Bertz CT molecular complexity index is 1660. The molecule has 44 heavy (non-hydrogen) atoms. The van der Waals surface area contributed by atoms with Crippen molar-refractivity contribution in [1.29, 1.82) is 21.0 Å². The highest BCUT2D eigenvalue weighted by Crippen LogP contribution is 2.76. The molecule has 2 aliphatic carbocycles. The molecule has 0 saturated heterocycles. The summed E-state index contributed by atoms with van der Waals surface area (Å²) in [5, 5.41) is 36.5. The van der Waals surface area contributed by atoms with Gasteiger partial charge < -0.3 is 0 Å². The molecule has 0 amide bonds. The number of rotatable bonds is 3. The van der Waals surface area contributed by atoms with Crippen LogP contribution in [0, 0.1) is 85.8 Å². The third kappa shape index (κ3) is 3.74. The smallest absolute Gasteiger partial charge is 0.225 e. The van der Waals surface area contributed by atoms with Gasteiger partial charge in [-0.2, -0.15) is 65.0 Å². The summed E-state index contributed by atoms with van der Waals surface area (Å²) in [6.07, 6.45) is -15.4. The molecule has 4 unspecified atom stereocenters. The Labute approximate surface area is 231 Å². The predicted octanol–water partition coefficient (Wildman–Crippen LogP) is 7.35. The van der Waals surface area contributed by atoms with Crippen molar-refractivity contribution in [2.75, 3.05) is 0 Å². The first kappa shape index (κ1) is 34.0. The summed E-state index contributed by atoms with van der Waals surface area (Å²) in [6.45, 7) is 0. The number of benzene rings is 1. The Kier molecular flexibility index (Phi) is 7.32. The normalized spacial score (nSPS) is 28.8. The highest BCUT2D eigenvalue weighted by molar-refractivity contribution is 5.90. The fraction of sp³-hybridized carbons (Fsp3) is 0.391. The molecular weight excluding hydrogens is 655 g/mol. The van der Waals surface area contributed by atoms with Crippen LogP contribution in [0.1, 0.15) is 11.1 Å². The van der Waals surface area contributed by atoms with Gasteiger partial charge in [-0.25, -0.2) is 30.7 Å². The van der Waals surface area contributed by atoms with E-state index in [1.807, 2.05) is 0 Å². The second-order valence-corrected chi connectivity index (χ2v) is 9.05. The van der Waals surface area contributed by atoms with Gasteiger partial charge in [0.15, 0.2) is 34.6 Å². The van der Waals surface area contributed by atoms with Crippen molar-refractivity contribution in [3.05, 3.63) is 51.6 Å². The van der Waals surface area contributed by atoms with E-state index in [2.05, 4.69) is 0 Å². The zero-order chi connectivity index (χ0) is 34.4. The number of hydrogen-bond acceptors (Lipinski definition) is 4. The van der Waals surface area contributed by atoms with E-state index in [0.29, 0.717) is 6.07 Å². The van der Waals surface area contributed by atoms with Crippen molar-refractivity contribution in [2.45, 2.75) is 35.8 Å². The van der Waals surface area contributed by atoms with E-state index in [4.69, 9.17) is 5.26 Å². The molecule has 0 bridgehead atoms. The molecule has 4 nitrogen and oxygen atoms in total. The number of allylic oxidation sites excluding steroid dienone is 4. The fourth-order valence-corrected chi connectivity index (χ4v) is 4.94. The van der Waals surface area contributed by atoms with Gasteiger partial charge in [0.2, 0.25) is 0 Å². The molecule has 1 aromatic rings. The predicted molar refractivity (Wildman–Crippen MR) is 103 cm³/mol. The quantitative estimate of drug-likeness (QED) is 0.193. The number of halogens is 17. The van der Waals surface area contributed by atoms with Crippen LogP contribution >= 0.6 is 0 Å². The maximum absolute atomic E-state index is 15.8. The van der Waals surface area contributed by atoms with Crippen molar-refractivity contribution >= 4 is 5.57 Å². The minimum Gasteiger partial charge on any atom is -0.225 e. The second kappa shape index (κ2) is 9.48. The summed E-state index contributed by atoms with van der Waals surface area (Å²) in [6, 6.07) is 1.05. The van der Waals surface area contributed by atoms with Gasteiger partial charge in [0, 0.05) is 0 Å². The molecule has 0 radical (unpaired) electrons. The average Bonchev–Trinajstić information content (AvgIpc) is 3.65. The van der Waals surface area contributed by atoms with Gasteiger partial charge in [-0.1, -0.05) is 0 Å². The molecule has 0 aromatic heterocycles. The van der Waals surface area contributed by atoms with Crippen LogP contribution in [-0.4, -0.2) is 35.8 Å². The third-order valence-electron chi connectivity index (χ3n) is 6.94. The number of alkyl halides is 13. The van der Waals surface area contributed by atoms with Crippen LogP contribution < -0.4 is 0 Å². The van der Waals surface area contributed by atoms with Gasteiger partial charge in [0.05, 0.1) is 23.3 Å². The first-order chi connectivity index (χ1) is 19.8. The lowest BCUT2D eigenvalue weighted by Crippen LogP contribution is -2.84. The molecule has 0 spiro atoms. The molecule has 0 aliphatic heterocycles. The number of hydrogen-bond donors (Lipinski definition) is 0. The summed E-state index contributed by atoms with van der Waals surface area (Å²) >= 11 is 0. The lowest BCUT2D eigenvalue weighted by Gasteiger charge is -2.58. The molecule has 4 atom stereocenters. The van der Waals surface area contributed by atoms with Crippen molar-refractivity contribution in [3.8, 4) is 24.3 Å². The lowest BCUT2D eigenvalue weighted by atomic mass is 9.50. The zero-order valence-corrected chi connectivity index (χ0v) is 19.9. The van der Waals surface area contributed by atoms with Crippen LogP contribution in [0.15, 0.2) is 17.2 Å². The largest absolute Gasteiger partial charge is 0.430 e. The fourth-order valence-electron chi connectivity index (χ4n) is 4.94. The summed E-state index contributed by atoms with van der Waals surface area (Å²) in [7, 11) is 0. The van der Waals surface area contributed by atoms with E-state index < -0.39 is 110 Å². The molecule has 0 heterocycles. The van der Waals surface area contributed by atoms with Crippen LogP contribution in [0.2, 0.25) is 0 Å².